The summed E-state index contributed by atoms with van der Waals surface area (Å²) in [5.41, 5.74) is 4.32. The Hall–Kier alpha value is -1.50. The zero-order chi connectivity index (χ0) is 14.5. The van der Waals surface area contributed by atoms with Gasteiger partial charge in [-0.2, -0.15) is 0 Å². The molecule has 106 valence electrons. The highest BCUT2D eigenvalue weighted by molar-refractivity contribution is 5.70. The second-order valence-corrected chi connectivity index (χ2v) is 6.01. The van der Waals surface area contributed by atoms with Gasteiger partial charge in [-0.25, -0.2) is 23.1 Å². The Bertz CT molecular complexity index is 497. The standard InChI is InChI=1S/C12H17F2N3O2/c1-10(2,3)19-9(18)17-4-8(16-7-17)11(15)5-12(13,14)6-11/h4,7H,5-6,15H2,1-3H3. The van der Waals surface area contributed by atoms with E-state index >= 15 is 0 Å². The number of ether oxygens (including phenoxy) is 1. The smallest absolute Gasteiger partial charge is 0.419 e. The minimum absolute atomic E-state index is 0.282. The van der Waals surface area contributed by atoms with Crippen molar-refractivity contribution in [3.63, 3.8) is 0 Å². The second-order valence-electron chi connectivity index (χ2n) is 6.01. The van der Waals surface area contributed by atoms with Crippen molar-refractivity contribution in [3.8, 4) is 0 Å². The number of carbonyl (C=O) groups is 1. The van der Waals surface area contributed by atoms with Crippen LogP contribution in [0.4, 0.5) is 13.6 Å². The Kier molecular flexibility index (Phi) is 2.93. The normalized spacial score (nSPS) is 20.7. The van der Waals surface area contributed by atoms with Crippen LogP contribution in [0.25, 0.3) is 0 Å². The van der Waals surface area contributed by atoms with E-state index < -0.39 is 36.0 Å². The van der Waals surface area contributed by atoms with Crippen LogP contribution in [0.1, 0.15) is 39.3 Å². The molecule has 5 nitrogen and oxygen atoms in total. The maximum atomic E-state index is 12.9. The maximum Gasteiger partial charge on any atom is 0.419 e. The van der Waals surface area contributed by atoms with Crippen molar-refractivity contribution in [2.45, 2.75) is 50.7 Å². The summed E-state index contributed by atoms with van der Waals surface area (Å²) in [6.07, 6.45) is 1.06. The lowest BCUT2D eigenvalue weighted by Crippen LogP contribution is -2.55. The molecule has 19 heavy (non-hydrogen) atoms. The molecule has 0 radical (unpaired) electrons. The van der Waals surface area contributed by atoms with E-state index in [0.29, 0.717) is 0 Å². The Balaban J connectivity index is 2.10. The van der Waals surface area contributed by atoms with E-state index in [-0.39, 0.29) is 5.69 Å². The van der Waals surface area contributed by atoms with Crippen LogP contribution in [0.3, 0.4) is 0 Å². The molecule has 0 saturated heterocycles. The summed E-state index contributed by atoms with van der Waals surface area (Å²) in [6, 6.07) is 0. The number of hydrogen-bond acceptors (Lipinski definition) is 4. The summed E-state index contributed by atoms with van der Waals surface area (Å²) in [5.74, 6) is -2.75. The predicted octanol–water partition coefficient (Wildman–Crippen LogP) is 2.25. The lowest BCUT2D eigenvalue weighted by molar-refractivity contribution is -0.126. The average molecular weight is 273 g/mol. The number of nitrogens with two attached hydrogens (primary N) is 1. The monoisotopic (exact) mass is 273 g/mol. The molecule has 1 heterocycles. The van der Waals surface area contributed by atoms with Crippen LogP contribution in [-0.4, -0.2) is 27.2 Å². The lowest BCUT2D eigenvalue weighted by atomic mass is 9.72. The summed E-state index contributed by atoms with van der Waals surface area (Å²) in [4.78, 5) is 15.7. The third-order valence-corrected chi connectivity index (χ3v) is 2.85. The van der Waals surface area contributed by atoms with Crippen LogP contribution in [0.2, 0.25) is 0 Å². The van der Waals surface area contributed by atoms with Crippen LogP contribution >= 0.6 is 0 Å². The van der Waals surface area contributed by atoms with Gasteiger partial charge in [0.05, 0.1) is 11.2 Å². The van der Waals surface area contributed by atoms with E-state index in [0.717, 1.165) is 4.57 Å². The summed E-state index contributed by atoms with van der Waals surface area (Å²) < 4.78 is 32.1. The Morgan fingerprint density at radius 3 is 2.53 bits per heavy atom. The maximum absolute atomic E-state index is 12.9. The number of rotatable bonds is 1. The highest BCUT2D eigenvalue weighted by Gasteiger charge is 2.56. The fraction of sp³-hybridized carbons (Fsp3) is 0.667. The van der Waals surface area contributed by atoms with Crippen LogP contribution in [0.5, 0.6) is 0 Å². The van der Waals surface area contributed by atoms with Gasteiger partial charge < -0.3 is 10.5 Å². The summed E-state index contributed by atoms with van der Waals surface area (Å²) >= 11 is 0. The molecule has 1 aromatic heterocycles. The number of aromatic nitrogens is 2. The van der Waals surface area contributed by atoms with E-state index in [1.54, 1.807) is 20.8 Å². The van der Waals surface area contributed by atoms with Crippen molar-refractivity contribution in [2.24, 2.45) is 5.73 Å². The van der Waals surface area contributed by atoms with Gasteiger partial charge in [0.25, 0.3) is 5.92 Å². The van der Waals surface area contributed by atoms with E-state index in [1.165, 1.54) is 12.5 Å². The molecule has 0 spiro atoms. The molecule has 2 N–H and O–H groups in total. The Labute approximate surface area is 109 Å². The van der Waals surface area contributed by atoms with Gasteiger partial charge in [0.1, 0.15) is 11.9 Å². The van der Waals surface area contributed by atoms with Crippen molar-refractivity contribution in [2.75, 3.05) is 0 Å². The van der Waals surface area contributed by atoms with Crippen LogP contribution < -0.4 is 5.73 Å². The van der Waals surface area contributed by atoms with E-state index in [2.05, 4.69) is 4.98 Å². The van der Waals surface area contributed by atoms with Gasteiger partial charge in [0, 0.05) is 19.0 Å². The fourth-order valence-electron chi connectivity index (χ4n) is 2.05. The quantitative estimate of drug-likeness (QED) is 0.852. The fourth-order valence-corrected chi connectivity index (χ4v) is 2.05. The predicted molar refractivity (Wildman–Crippen MR) is 63.9 cm³/mol. The first-order valence-electron chi connectivity index (χ1n) is 5.95. The van der Waals surface area contributed by atoms with Crippen LogP contribution in [0.15, 0.2) is 12.5 Å². The molecular weight excluding hydrogens is 256 g/mol. The van der Waals surface area contributed by atoms with Gasteiger partial charge in [0.2, 0.25) is 0 Å². The molecule has 1 aliphatic carbocycles. The zero-order valence-electron chi connectivity index (χ0n) is 11.1. The third-order valence-electron chi connectivity index (χ3n) is 2.85. The molecule has 1 aliphatic rings. The minimum Gasteiger partial charge on any atom is -0.443 e. The van der Waals surface area contributed by atoms with Gasteiger partial charge in [-0.15, -0.1) is 0 Å². The first-order chi connectivity index (χ1) is 8.51. The average Bonchev–Trinajstić information content (AvgIpc) is 2.59. The summed E-state index contributed by atoms with van der Waals surface area (Å²) in [5, 5.41) is 0. The second kappa shape index (κ2) is 4.00. The Morgan fingerprint density at radius 1 is 1.47 bits per heavy atom. The topological polar surface area (TPSA) is 70.1 Å². The van der Waals surface area contributed by atoms with Crippen LogP contribution in [0, 0.1) is 0 Å². The third kappa shape index (κ3) is 2.91. The summed E-state index contributed by atoms with van der Waals surface area (Å²) in [6.45, 7) is 5.21. The highest BCUT2D eigenvalue weighted by atomic mass is 19.3. The molecule has 0 amide bonds. The van der Waals surface area contributed by atoms with Gasteiger partial charge in [-0.3, -0.25) is 0 Å². The molecule has 0 bridgehead atoms. The highest BCUT2D eigenvalue weighted by Crippen LogP contribution is 2.49. The van der Waals surface area contributed by atoms with Gasteiger partial charge >= 0.3 is 6.09 Å². The van der Waals surface area contributed by atoms with Gasteiger partial charge in [0.15, 0.2) is 0 Å². The van der Waals surface area contributed by atoms with Crippen molar-refractivity contribution in [1.29, 1.82) is 0 Å². The molecule has 2 rings (SSSR count). The molecule has 1 aromatic rings. The molecule has 0 aliphatic heterocycles. The minimum atomic E-state index is -2.75. The SMILES string of the molecule is CC(C)(C)OC(=O)n1cnc(C2(N)CC(F)(F)C2)c1. The number of nitrogens with zero attached hydrogens (tertiary/aromatic N) is 2. The molecule has 1 fully saturated rings. The molecule has 1 saturated carbocycles. The van der Waals surface area contributed by atoms with Crippen molar-refractivity contribution < 1.29 is 18.3 Å². The summed E-state index contributed by atoms with van der Waals surface area (Å²) in [7, 11) is 0. The van der Waals surface area contributed by atoms with E-state index in [1.807, 2.05) is 0 Å². The lowest BCUT2D eigenvalue weighted by Gasteiger charge is -2.43. The number of alkyl halides is 2. The van der Waals surface area contributed by atoms with Crippen molar-refractivity contribution in [3.05, 3.63) is 18.2 Å². The van der Waals surface area contributed by atoms with E-state index in [9.17, 15) is 13.6 Å². The first kappa shape index (κ1) is 13.9. The number of imidazole rings is 1. The first-order valence-corrected chi connectivity index (χ1v) is 5.95. The van der Waals surface area contributed by atoms with Crippen LogP contribution in [-0.2, 0) is 10.3 Å². The van der Waals surface area contributed by atoms with Gasteiger partial charge in [-0.05, 0) is 20.8 Å². The molecule has 7 heteroatoms. The molecular formula is C12H17F2N3O2. The van der Waals surface area contributed by atoms with E-state index in [4.69, 9.17) is 10.5 Å². The Morgan fingerprint density at radius 2 is 2.05 bits per heavy atom. The number of halogens is 2. The molecule has 0 unspecified atom stereocenters. The van der Waals surface area contributed by atoms with Crippen molar-refractivity contribution in [1.82, 2.24) is 9.55 Å². The molecule has 0 aromatic carbocycles. The van der Waals surface area contributed by atoms with Crippen molar-refractivity contribution >= 4 is 6.09 Å². The van der Waals surface area contributed by atoms with Gasteiger partial charge in [-0.1, -0.05) is 0 Å². The number of carbonyl (C=O) groups excluding carboxylic acids is 1. The molecule has 0 atom stereocenters. The zero-order valence-corrected chi connectivity index (χ0v) is 11.1. The largest absolute Gasteiger partial charge is 0.443 e. The number of hydrogen-bond donors (Lipinski definition) is 1.